The second kappa shape index (κ2) is 7.06. The number of nitrogens with one attached hydrogen (secondary N) is 2. The molecule has 1 aromatic rings. The highest BCUT2D eigenvalue weighted by atomic mass is 32.1. The Labute approximate surface area is 136 Å². The molecule has 0 bridgehead atoms. The van der Waals surface area contributed by atoms with Crippen LogP contribution in [0.1, 0.15) is 40.8 Å². The quantitative estimate of drug-likeness (QED) is 0.882. The van der Waals surface area contributed by atoms with Crippen LogP contribution in [0.3, 0.4) is 0 Å². The van der Waals surface area contributed by atoms with Gasteiger partial charge in [-0.2, -0.15) is 0 Å². The standard InChI is InChI=1S/C16H26N4OS/c1-11-19-14(10-17-2)15(22-11)12-8-18-9-13(12)16(21)20-6-4-3-5-7-20/h12-13,17-18H,3-10H2,1-2H3/t12-,13?/m1/s1. The van der Waals surface area contributed by atoms with Crippen molar-refractivity contribution in [3.05, 3.63) is 15.6 Å². The third-order valence-corrected chi connectivity index (χ3v) is 5.86. The van der Waals surface area contributed by atoms with Crippen LogP contribution in [-0.4, -0.2) is 49.0 Å². The van der Waals surface area contributed by atoms with Crippen LogP contribution in [0.25, 0.3) is 0 Å². The number of hydrogen-bond acceptors (Lipinski definition) is 5. The molecule has 3 rings (SSSR count). The summed E-state index contributed by atoms with van der Waals surface area (Å²) >= 11 is 1.76. The number of likely N-dealkylation sites (tertiary alicyclic amines) is 1. The number of rotatable bonds is 4. The Morgan fingerprint density at radius 1 is 1.36 bits per heavy atom. The molecule has 122 valence electrons. The summed E-state index contributed by atoms with van der Waals surface area (Å²) in [5, 5.41) is 7.72. The molecule has 6 heteroatoms. The van der Waals surface area contributed by atoms with Gasteiger partial charge in [0.2, 0.25) is 5.91 Å². The maximum Gasteiger partial charge on any atom is 0.227 e. The lowest BCUT2D eigenvalue weighted by Crippen LogP contribution is -2.41. The van der Waals surface area contributed by atoms with Crippen molar-refractivity contribution in [3.63, 3.8) is 0 Å². The predicted molar refractivity (Wildman–Crippen MR) is 89.1 cm³/mol. The number of carbonyl (C=O) groups is 1. The van der Waals surface area contributed by atoms with Gasteiger partial charge in [-0.15, -0.1) is 11.3 Å². The molecule has 3 heterocycles. The van der Waals surface area contributed by atoms with Gasteiger partial charge in [0.1, 0.15) is 0 Å². The first-order chi connectivity index (χ1) is 10.7. The third kappa shape index (κ3) is 3.19. The van der Waals surface area contributed by atoms with E-state index >= 15 is 0 Å². The Morgan fingerprint density at radius 2 is 2.14 bits per heavy atom. The van der Waals surface area contributed by atoms with Crippen molar-refractivity contribution in [1.82, 2.24) is 20.5 Å². The minimum atomic E-state index is 0.0774. The van der Waals surface area contributed by atoms with Gasteiger partial charge in [0.15, 0.2) is 0 Å². The number of aromatic nitrogens is 1. The smallest absolute Gasteiger partial charge is 0.227 e. The van der Waals surface area contributed by atoms with Crippen LogP contribution >= 0.6 is 11.3 Å². The fourth-order valence-electron chi connectivity index (χ4n) is 3.63. The van der Waals surface area contributed by atoms with Crippen molar-refractivity contribution in [1.29, 1.82) is 0 Å². The lowest BCUT2D eigenvalue weighted by Gasteiger charge is -2.30. The highest BCUT2D eigenvalue weighted by Crippen LogP contribution is 2.36. The van der Waals surface area contributed by atoms with Gasteiger partial charge in [0.05, 0.1) is 16.6 Å². The monoisotopic (exact) mass is 322 g/mol. The van der Waals surface area contributed by atoms with Crippen molar-refractivity contribution < 1.29 is 4.79 Å². The first kappa shape index (κ1) is 15.9. The van der Waals surface area contributed by atoms with Gasteiger partial charge >= 0.3 is 0 Å². The Bertz CT molecular complexity index is 524. The molecular formula is C16H26N4OS. The van der Waals surface area contributed by atoms with Crippen molar-refractivity contribution in [2.24, 2.45) is 5.92 Å². The lowest BCUT2D eigenvalue weighted by molar-refractivity contribution is -0.136. The van der Waals surface area contributed by atoms with E-state index in [0.29, 0.717) is 5.91 Å². The molecular weight excluding hydrogens is 296 g/mol. The van der Waals surface area contributed by atoms with Gasteiger partial charge in [-0.3, -0.25) is 4.79 Å². The SMILES string of the molecule is CNCc1nc(C)sc1[C@@H]1CNCC1C(=O)N1CCCCC1. The van der Waals surface area contributed by atoms with Gasteiger partial charge in [0, 0.05) is 43.5 Å². The maximum atomic E-state index is 12.9. The van der Waals surface area contributed by atoms with E-state index in [1.165, 1.54) is 11.3 Å². The Balaban J connectivity index is 1.79. The van der Waals surface area contributed by atoms with Crippen molar-refractivity contribution in [3.8, 4) is 0 Å². The molecule has 2 saturated heterocycles. The fraction of sp³-hybridized carbons (Fsp3) is 0.750. The van der Waals surface area contributed by atoms with E-state index in [9.17, 15) is 4.79 Å². The summed E-state index contributed by atoms with van der Waals surface area (Å²) in [6, 6.07) is 0. The summed E-state index contributed by atoms with van der Waals surface area (Å²) in [7, 11) is 1.95. The van der Waals surface area contributed by atoms with E-state index in [4.69, 9.17) is 0 Å². The first-order valence-corrected chi connectivity index (χ1v) is 9.12. The number of carbonyl (C=O) groups excluding carboxylic acids is 1. The van der Waals surface area contributed by atoms with Crippen LogP contribution in [0.2, 0.25) is 0 Å². The second-order valence-corrected chi connectivity index (χ2v) is 7.57. The number of amides is 1. The van der Waals surface area contributed by atoms with Crippen LogP contribution in [0.5, 0.6) is 0 Å². The molecule has 0 aromatic carbocycles. The summed E-state index contributed by atoms with van der Waals surface area (Å²) < 4.78 is 0. The molecule has 2 N–H and O–H groups in total. The number of piperidine rings is 1. The zero-order valence-corrected chi connectivity index (χ0v) is 14.3. The molecule has 2 aliphatic heterocycles. The van der Waals surface area contributed by atoms with Gasteiger partial charge < -0.3 is 15.5 Å². The molecule has 2 aliphatic rings. The van der Waals surface area contributed by atoms with Crippen LogP contribution in [0.4, 0.5) is 0 Å². The molecule has 1 aromatic heterocycles. The molecule has 5 nitrogen and oxygen atoms in total. The van der Waals surface area contributed by atoms with Crippen LogP contribution in [0.15, 0.2) is 0 Å². The fourth-order valence-corrected chi connectivity index (χ4v) is 4.74. The summed E-state index contributed by atoms with van der Waals surface area (Å²) in [4.78, 5) is 21.0. The van der Waals surface area contributed by atoms with Crippen LogP contribution in [0, 0.1) is 12.8 Å². The predicted octanol–water partition coefficient (Wildman–Crippen LogP) is 1.49. The summed E-state index contributed by atoms with van der Waals surface area (Å²) in [5.41, 5.74) is 1.12. The Kier molecular flexibility index (Phi) is 5.10. The molecule has 0 radical (unpaired) electrons. The Hall–Kier alpha value is -0.980. The number of thiazole rings is 1. The van der Waals surface area contributed by atoms with Crippen molar-refractivity contribution in [2.75, 3.05) is 33.2 Å². The lowest BCUT2D eigenvalue weighted by atomic mass is 9.91. The molecule has 2 fully saturated rings. The molecule has 0 saturated carbocycles. The minimum Gasteiger partial charge on any atom is -0.342 e. The number of hydrogen-bond donors (Lipinski definition) is 2. The normalized spacial score (nSPS) is 25.6. The molecule has 1 amide bonds. The molecule has 22 heavy (non-hydrogen) atoms. The van der Waals surface area contributed by atoms with E-state index in [1.54, 1.807) is 11.3 Å². The van der Waals surface area contributed by atoms with Gasteiger partial charge in [-0.1, -0.05) is 0 Å². The van der Waals surface area contributed by atoms with E-state index in [0.717, 1.165) is 56.3 Å². The first-order valence-electron chi connectivity index (χ1n) is 8.31. The molecule has 1 unspecified atom stereocenters. The minimum absolute atomic E-state index is 0.0774. The van der Waals surface area contributed by atoms with E-state index in [-0.39, 0.29) is 11.8 Å². The average molecular weight is 322 g/mol. The summed E-state index contributed by atoms with van der Waals surface area (Å²) in [6.07, 6.45) is 3.57. The zero-order valence-electron chi connectivity index (χ0n) is 13.5. The maximum absolute atomic E-state index is 12.9. The largest absolute Gasteiger partial charge is 0.342 e. The highest BCUT2D eigenvalue weighted by Gasteiger charge is 2.38. The summed E-state index contributed by atoms with van der Waals surface area (Å²) in [6.45, 7) is 6.40. The van der Waals surface area contributed by atoms with Crippen molar-refractivity contribution >= 4 is 17.2 Å². The van der Waals surface area contributed by atoms with Crippen LogP contribution < -0.4 is 10.6 Å². The van der Waals surface area contributed by atoms with E-state index < -0.39 is 0 Å². The zero-order chi connectivity index (χ0) is 15.5. The molecule has 0 aliphatic carbocycles. The van der Waals surface area contributed by atoms with Gasteiger partial charge in [0.25, 0.3) is 0 Å². The molecule has 2 atom stereocenters. The number of nitrogens with zero attached hydrogens (tertiary/aromatic N) is 2. The van der Waals surface area contributed by atoms with E-state index in [2.05, 4.69) is 27.4 Å². The molecule has 0 spiro atoms. The average Bonchev–Trinajstić information content (AvgIpc) is 3.14. The van der Waals surface area contributed by atoms with Crippen molar-refractivity contribution in [2.45, 2.75) is 38.6 Å². The highest BCUT2D eigenvalue weighted by molar-refractivity contribution is 7.11. The van der Waals surface area contributed by atoms with Gasteiger partial charge in [-0.25, -0.2) is 4.98 Å². The second-order valence-electron chi connectivity index (χ2n) is 6.33. The Morgan fingerprint density at radius 3 is 2.86 bits per heavy atom. The summed E-state index contributed by atoms with van der Waals surface area (Å²) in [5.74, 6) is 0.702. The third-order valence-electron chi connectivity index (χ3n) is 4.71. The number of aryl methyl sites for hydroxylation is 1. The van der Waals surface area contributed by atoms with Gasteiger partial charge in [-0.05, 0) is 33.2 Å². The topological polar surface area (TPSA) is 57.3 Å². The van der Waals surface area contributed by atoms with Crippen LogP contribution in [-0.2, 0) is 11.3 Å². The van der Waals surface area contributed by atoms with E-state index in [1.807, 2.05) is 7.05 Å².